The predicted octanol–water partition coefficient (Wildman–Crippen LogP) is 0.913. The number of rotatable bonds is 6. The summed E-state index contributed by atoms with van der Waals surface area (Å²) in [6.45, 7) is 4.58. The number of aliphatic hydroxyl groups is 1. The summed E-state index contributed by atoms with van der Waals surface area (Å²) < 4.78 is 1.67. The number of nitro groups is 1. The van der Waals surface area contributed by atoms with Crippen molar-refractivity contribution in [1.82, 2.24) is 15.1 Å². The Bertz CT molecular complexity index is 394. The first-order valence-corrected chi connectivity index (χ1v) is 5.98. The summed E-state index contributed by atoms with van der Waals surface area (Å²) in [7, 11) is 0. The van der Waals surface area contributed by atoms with Crippen molar-refractivity contribution in [2.75, 3.05) is 6.54 Å². The van der Waals surface area contributed by atoms with E-state index in [-0.39, 0.29) is 18.4 Å². The maximum Gasteiger partial charge on any atom is 0.404 e. The molecule has 0 saturated heterocycles. The van der Waals surface area contributed by atoms with Crippen LogP contribution < -0.4 is 5.32 Å². The third-order valence-corrected chi connectivity index (χ3v) is 2.59. The van der Waals surface area contributed by atoms with E-state index in [4.69, 9.17) is 0 Å². The van der Waals surface area contributed by atoms with E-state index in [1.807, 2.05) is 13.8 Å². The van der Waals surface area contributed by atoms with E-state index in [0.717, 1.165) is 0 Å². The molecule has 0 aromatic carbocycles. The minimum atomic E-state index is -0.635. The highest BCUT2D eigenvalue weighted by molar-refractivity contribution is 9.10. The maximum atomic E-state index is 10.6. The fourth-order valence-electron chi connectivity index (χ4n) is 1.26. The highest BCUT2D eigenvalue weighted by atomic mass is 79.9. The van der Waals surface area contributed by atoms with Gasteiger partial charge in [-0.2, -0.15) is 4.68 Å². The molecule has 1 aromatic rings. The van der Waals surface area contributed by atoms with Gasteiger partial charge in [-0.05, 0) is 20.9 Å². The second-order valence-electron chi connectivity index (χ2n) is 4.00. The van der Waals surface area contributed by atoms with Crippen molar-refractivity contribution in [1.29, 1.82) is 0 Å². The molecule has 1 aromatic heterocycles. The van der Waals surface area contributed by atoms with Gasteiger partial charge in [0, 0.05) is 12.6 Å². The molecule has 0 bridgehead atoms. The quantitative estimate of drug-likeness (QED) is 0.602. The molecule has 0 aliphatic carbocycles. The van der Waals surface area contributed by atoms with Crippen LogP contribution in [-0.2, 0) is 6.54 Å². The van der Waals surface area contributed by atoms with Gasteiger partial charge in [0.2, 0.25) is 0 Å². The lowest BCUT2D eigenvalue weighted by Crippen LogP contribution is -2.34. The zero-order valence-electron chi connectivity index (χ0n) is 9.63. The van der Waals surface area contributed by atoms with Crippen molar-refractivity contribution in [2.45, 2.75) is 32.5 Å². The summed E-state index contributed by atoms with van der Waals surface area (Å²) in [5, 5.41) is 27.1. The van der Waals surface area contributed by atoms with Gasteiger partial charge in [-0.1, -0.05) is 13.8 Å². The van der Waals surface area contributed by atoms with Crippen LogP contribution in [0, 0.1) is 10.1 Å². The first-order chi connectivity index (χ1) is 7.90. The molecule has 7 nitrogen and oxygen atoms in total. The number of nitrogens with one attached hydrogen (secondary N) is 1. The molecule has 1 unspecified atom stereocenters. The molecule has 17 heavy (non-hydrogen) atoms. The molecule has 0 radical (unpaired) electrons. The van der Waals surface area contributed by atoms with E-state index in [9.17, 15) is 15.2 Å². The van der Waals surface area contributed by atoms with Gasteiger partial charge in [0.1, 0.15) is 4.47 Å². The largest absolute Gasteiger partial charge is 0.404 e. The Morgan fingerprint density at radius 2 is 2.35 bits per heavy atom. The zero-order chi connectivity index (χ0) is 13.0. The van der Waals surface area contributed by atoms with E-state index >= 15 is 0 Å². The maximum absolute atomic E-state index is 10.6. The molecule has 0 spiro atoms. The molecule has 0 fully saturated rings. The van der Waals surface area contributed by atoms with Crippen LogP contribution >= 0.6 is 15.9 Å². The Kier molecular flexibility index (Phi) is 5.03. The number of halogens is 1. The predicted molar refractivity (Wildman–Crippen MR) is 65.7 cm³/mol. The van der Waals surface area contributed by atoms with E-state index in [1.165, 1.54) is 10.9 Å². The number of hydrogen-bond acceptors (Lipinski definition) is 5. The minimum Gasteiger partial charge on any atom is -0.390 e. The number of hydrogen-bond donors (Lipinski definition) is 2. The average Bonchev–Trinajstić information content (AvgIpc) is 2.56. The molecule has 0 amide bonds. The van der Waals surface area contributed by atoms with Crippen molar-refractivity contribution < 1.29 is 10.0 Å². The van der Waals surface area contributed by atoms with Crippen molar-refractivity contribution >= 4 is 21.7 Å². The van der Waals surface area contributed by atoms with Crippen molar-refractivity contribution in [3.05, 3.63) is 20.8 Å². The molecule has 0 aliphatic heterocycles. The average molecular weight is 307 g/mol. The number of aliphatic hydroxyl groups excluding tert-OH is 1. The third kappa shape index (κ3) is 4.41. The van der Waals surface area contributed by atoms with Crippen LogP contribution in [0.5, 0.6) is 0 Å². The van der Waals surface area contributed by atoms with Gasteiger partial charge >= 0.3 is 5.82 Å². The first-order valence-electron chi connectivity index (χ1n) is 5.19. The Balaban J connectivity index is 2.57. The zero-order valence-corrected chi connectivity index (χ0v) is 11.2. The summed E-state index contributed by atoms with van der Waals surface area (Å²) in [5.74, 6) is -0.242. The molecular weight excluding hydrogens is 292 g/mol. The van der Waals surface area contributed by atoms with Crippen LogP contribution in [-0.4, -0.2) is 38.5 Å². The standard InChI is InChI=1S/C9H15BrN4O3/c1-6(2)11-3-7(15)4-13-5-8(10)9(12-13)14(16)17/h5-7,11,15H,3-4H2,1-2H3. The molecule has 96 valence electrons. The van der Waals surface area contributed by atoms with E-state index in [2.05, 4.69) is 26.3 Å². The SMILES string of the molecule is CC(C)NCC(O)Cn1cc(Br)c([N+](=O)[O-])n1. The lowest BCUT2D eigenvalue weighted by Gasteiger charge is -2.12. The normalized spacial score (nSPS) is 13.0. The summed E-state index contributed by atoms with van der Waals surface area (Å²) in [6.07, 6.45) is 0.847. The molecule has 8 heteroatoms. The highest BCUT2D eigenvalue weighted by Crippen LogP contribution is 2.21. The molecule has 1 rings (SSSR count). The van der Waals surface area contributed by atoms with Gasteiger partial charge in [0.15, 0.2) is 0 Å². The Labute approximate surface area is 107 Å². The van der Waals surface area contributed by atoms with E-state index < -0.39 is 11.0 Å². The summed E-state index contributed by atoms with van der Waals surface area (Å²) >= 11 is 3.05. The van der Waals surface area contributed by atoms with Gasteiger partial charge in [-0.15, -0.1) is 0 Å². The third-order valence-electron chi connectivity index (χ3n) is 2.03. The number of nitrogens with zero attached hydrogens (tertiary/aromatic N) is 3. The topological polar surface area (TPSA) is 93.2 Å². The molecular formula is C9H15BrN4O3. The van der Waals surface area contributed by atoms with Gasteiger partial charge < -0.3 is 20.5 Å². The summed E-state index contributed by atoms with van der Waals surface area (Å²) in [6, 6.07) is 0.281. The fourth-order valence-corrected chi connectivity index (χ4v) is 1.72. The van der Waals surface area contributed by atoms with Crippen molar-refractivity contribution in [3.63, 3.8) is 0 Å². The van der Waals surface area contributed by atoms with Crippen LogP contribution in [0.2, 0.25) is 0 Å². The van der Waals surface area contributed by atoms with Crippen LogP contribution in [0.3, 0.4) is 0 Å². The summed E-state index contributed by atoms with van der Waals surface area (Å²) in [4.78, 5) is 9.99. The highest BCUT2D eigenvalue weighted by Gasteiger charge is 2.19. The monoisotopic (exact) mass is 306 g/mol. The Morgan fingerprint density at radius 3 is 2.82 bits per heavy atom. The van der Waals surface area contributed by atoms with Gasteiger partial charge in [-0.25, -0.2) is 0 Å². The van der Waals surface area contributed by atoms with E-state index in [0.29, 0.717) is 11.0 Å². The molecule has 1 atom stereocenters. The van der Waals surface area contributed by atoms with Gasteiger partial charge in [-0.3, -0.25) is 0 Å². The Morgan fingerprint density at radius 1 is 1.71 bits per heavy atom. The van der Waals surface area contributed by atoms with Gasteiger partial charge in [0.25, 0.3) is 0 Å². The second-order valence-corrected chi connectivity index (χ2v) is 4.85. The fraction of sp³-hybridized carbons (Fsp3) is 0.667. The summed E-state index contributed by atoms with van der Waals surface area (Å²) in [5.41, 5.74) is 0. The Hall–Kier alpha value is -0.990. The van der Waals surface area contributed by atoms with E-state index in [1.54, 1.807) is 0 Å². The minimum absolute atomic E-state index is 0.214. The van der Waals surface area contributed by atoms with Crippen molar-refractivity contribution in [2.24, 2.45) is 0 Å². The van der Waals surface area contributed by atoms with Crippen LogP contribution in [0.1, 0.15) is 13.8 Å². The van der Waals surface area contributed by atoms with Crippen LogP contribution in [0.25, 0.3) is 0 Å². The lowest BCUT2D eigenvalue weighted by molar-refractivity contribution is -0.390. The molecule has 0 saturated carbocycles. The van der Waals surface area contributed by atoms with Gasteiger partial charge in [0.05, 0.1) is 23.9 Å². The van der Waals surface area contributed by atoms with Crippen LogP contribution in [0.15, 0.2) is 10.7 Å². The molecule has 1 heterocycles. The molecule has 0 aliphatic rings. The van der Waals surface area contributed by atoms with Crippen LogP contribution in [0.4, 0.5) is 5.82 Å². The molecule has 2 N–H and O–H groups in total. The number of aromatic nitrogens is 2. The first kappa shape index (κ1) is 14.1. The smallest absolute Gasteiger partial charge is 0.390 e. The van der Waals surface area contributed by atoms with Crippen molar-refractivity contribution in [3.8, 4) is 0 Å². The lowest BCUT2D eigenvalue weighted by atomic mass is 10.3. The second kappa shape index (κ2) is 6.08.